The zero-order valence-electron chi connectivity index (χ0n) is 14.5. The predicted molar refractivity (Wildman–Crippen MR) is 106 cm³/mol. The van der Waals surface area contributed by atoms with E-state index in [1.165, 1.54) is 18.6 Å². The van der Waals surface area contributed by atoms with Gasteiger partial charge in [0.25, 0.3) is 5.91 Å². The van der Waals surface area contributed by atoms with Gasteiger partial charge >= 0.3 is 0 Å². The maximum Gasteiger partial charge on any atom is 0.253 e. The Morgan fingerprint density at radius 3 is 2.50 bits per heavy atom. The van der Waals surface area contributed by atoms with E-state index < -0.39 is 0 Å². The molecule has 26 heavy (non-hydrogen) atoms. The number of piperidine rings is 1. The summed E-state index contributed by atoms with van der Waals surface area (Å²) in [6, 6.07) is 13.7. The number of rotatable bonds is 4. The molecule has 1 aliphatic rings. The summed E-state index contributed by atoms with van der Waals surface area (Å²) < 4.78 is 13.2. The van der Waals surface area contributed by atoms with Crippen LogP contribution in [0.5, 0.6) is 0 Å². The van der Waals surface area contributed by atoms with Crippen molar-refractivity contribution in [1.82, 2.24) is 10.2 Å². The van der Waals surface area contributed by atoms with Gasteiger partial charge in [-0.3, -0.25) is 4.79 Å². The number of likely N-dealkylation sites (tertiary alicyclic amines) is 1. The van der Waals surface area contributed by atoms with Crippen LogP contribution < -0.4 is 10.6 Å². The standard InChI is InChI=1S/C20H22FN3OS/c21-17-6-4-5-15(13-17)14-22-20(26)23-18-9-7-16(8-10-18)19(25)24-11-2-1-3-12-24/h4-10,13H,1-3,11-12,14H2,(H2,22,23,26). The summed E-state index contributed by atoms with van der Waals surface area (Å²) >= 11 is 5.26. The van der Waals surface area contributed by atoms with Crippen molar-refractivity contribution in [2.75, 3.05) is 18.4 Å². The number of hydrogen-bond acceptors (Lipinski definition) is 2. The fourth-order valence-corrected chi connectivity index (χ4v) is 3.17. The molecule has 0 aliphatic carbocycles. The number of anilines is 1. The van der Waals surface area contributed by atoms with Gasteiger partial charge in [0.05, 0.1) is 0 Å². The maximum atomic E-state index is 13.2. The topological polar surface area (TPSA) is 44.4 Å². The van der Waals surface area contributed by atoms with E-state index in [2.05, 4.69) is 10.6 Å². The molecule has 2 N–H and O–H groups in total. The molecule has 136 valence electrons. The highest BCUT2D eigenvalue weighted by atomic mass is 32.1. The van der Waals surface area contributed by atoms with E-state index in [0.717, 1.165) is 37.2 Å². The molecule has 4 nitrogen and oxygen atoms in total. The Hall–Kier alpha value is -2.47. The minimum Gasteiger partial charge on any atom is -0.358 e. The van der Waals surface area contributed by atoms with E-state index in [9.17, 15) is 9.18 Å². The number of carbonyl (C=O) groups is 1. The van der Waals surface area contributed by atoms with Crippen LogP contribution >= 0.6 is 12.2 Å². The van der Waals surface area contributed by atoms with Gasteiger partial charge in [-0.15, -0.1) is 0 Å². The summed E-state index contributed by atoms with van der Waals surface area (Å²) in [5, 5.41) is 6.56. The van der Waals surface area contributed by atoms with Gasteiger partial charge in [0.15, 0.2) is 5.11 Å². The third-order valence-corrected chi connectivity index (χ3v) is 4.62. The van der Waals surface area contributed by atoms with Crippen LogP contribution in [0.2, 0.25) is 0 Å². The number of benzene rings is 2. The minimum atomic E-state index is -0.267. The molecule has 0 radical (unpaired) electrons. The molecule has 0 aromatic heterocycles. The van der Waals surface area contributed by atoms with E-state index >= 15 is 0 Å². The lowest BCUT2D eigenvalue weighted by Crippen LogP contribution is -2.35. The molecule has 1 heterocycles. The van der Waals surface area contributed by atoms with Gasteiger partial charge in [-0.05, 0) is 73.4 Å². The van der Waals surface area contributed by atoms with Crippen molar-refractivity contribution in [1.29, 1.82) is 0 Å². The molecule has 0 atom stereocenters. The molecule has 1 amide bonds. The molecule has 3 rings (SSSR count). The van der Waals surface area contributed by atoms with Gasteiger partial charge in [-0.1, -0.05) is 12.1 Å². The second kappa shape index (κ2) is 8.76. The Balaban J connectivity index is 1.51. The lowest BCUT2D eigenvalue weighted by molar-refractivity contribution is 0.0724. The second-order valence-corrected chi connectivity index (χ2v) is 6.78. The Morgan fingerprint density at radius 2 is 1.81 bits per heavy atom. The third kappa shape index (κ3) is 5.02. The van der Waals surface area contributed by atoms with Gasteiger partial charge in [0, 0.05) is 30.9 Å². The summed E-state index contributed by atoms with van der Waals surface area (Å²) in [6.07, 6.45) is 3.36. The number of thiocarbonyl (C=S) groups is 1. The first-order chi connectivity index (χ1) is 12.6. The van der Waals surface area contributed by atoms with Gasteiger partial charge in [-0.25, -0.2) is 4.39 Å². The van der Waals surface area contributed by atoms with E-state index in [-0.39, 0.29) is 11.7 Å². The van der Waals surface area contributed by atoms with Crippen LogP contribution in [0.3, 0.4) is 0 Å². The first kappa shape index (κ1) is 18.3. The zero-order valence-corrected chi connectivity index (χ0v) is 15.3. The highest BCUT2D eigenvalue weighted by Crippen LogP contribution is 2.15. The number of halogens is 1. The molecular weight excluding hydrogens is 349 g/mol. The summed E-state index contributed by atoms with van der Waals surface area (Å²) in [5.74, 6) is -0.180. The predicted octanol–water partition coefficient (Wildman–Crippen LogP) is 3.94. The summed E-state index contributed by atoms with van der Waals surface area (Å²) in [4.78, 5) is 14.4. The number of nitrogens with zero attached hydrogens (tertiary/aromatic N) is 1. The van der Waals surface area contributed by atoms with Crippen LogP contribution in [0, 0.1) is 5.82 Å². The van der Waals surface area contributed by atoms with E-state index in [0.29, 0.717) is 17.2 Å². The maximum absolute atomic E-state index is 13.2. The number of hydrogen-bond donors (Lipinski definition) is 2. The molecular formula is C20H22FN3OS. The smallest absolute Gasteiger partial charge is 0.253 e. The Morgan fingerprint density at radius 1 is 1.08 bits per heavy atom. The minimum absolute atomic E-state index is 0.0862. The van der Waals surface area contributed by atoms with Gasteiger partial charge in [0.2, 0.25) is 0 Å². The molecule has 0 bridgehead atoms. The van der Waals surface area contributed by atoms with Gasteiger partial charge < -0.3 is 15.5 Å². The summed E-state index contributed by atoms with van der Waals surface area (Å²) in [5.41, 5.74) is 2.31. The number of nitrogens with one attached hydrogen (secondary N) is 2. The Kier molecular flexibility index (Phi) is 6.17. The molecule has 0 unspecified atom stereocenters. The average molecular weight is 371 g/mol. The molecule has 1 fully saturated rings. The van der Waals surface area contributed by atoms with E-state index in [4.69, 9.17) is 12.2 Å². The molecule has 2 aromatic rings. The average Bonchev–Trinajstić information content (AvgIpc) is 2.67. The molecule has 0 spiro atoms. The first-order valence-corrected chi connectivity index (χ1v) is 9.21. The fourth-order valence-electron chi connectivity index (χ4n) is 2.98. The van der Waals surface area contributed by atoms with Crippen molar-refractivity contribution in [2.45, 2.75) is 25.8 Å². The van der Waals surface area contributed by atoms with Crippen molar-refractivity contribution >= 4 is 28.9 Å². The van der Waals surface area contributed by atoms with Gasteiger partial charge in [0.1, 0.15) is 5.82 Å². The fraction of sp³-hybridized carbons (Fsp3) is 0.300. The Labute approximate surface area is 158 Å². The van der Waals surface area contributed by atoms with Crippen LogP contribution in [0.15, 0.2) is 48.5 Å². The van der Waals surface area contributed by atoms with Crippen molar-refractivity contribution < 1.29 is 9.18 Å². The molecule has 0 saturated carbocycles. The highest BCUT2D eigenvalue weighted by Gasteiger charge is 2.17. The van der Waals surface area contributed by atoms with Crippen molar-refractivity contribution in [2.24, 2.45) is 0 Å². The first-order valence-electron chi connectivity index (χ1n) is 8.80. The number of carbonyl (C=O) groups excluding carboxylic acids is 1. The molecule has 1 saturated heterocycles. The summed E-state index contributed by atoms with van der Waals surface area (Å²) in [7, 11) is 0. The lowest BCUT2D eigenvalue weighted by atomic mass is 10.1. The molecule has 2 aromatic carbocycles. The van der Waals surface area contributed by atoms with Crippen molar-refractivity contribution in [3.05, 3.63) is 65.5 Å². The van der Waals surface area contributed by atoms with Crippen LogP contribution in [0.4, 0.5) is 10.1 Å². The Bertz CT molecular complexity index is 773. The number of amides is 1. The summed E-state index contributed by atoms with van der Waals surface area (Å²) in [6.45, 7) is 2.12. The third-order valence-electron chi connectivity index (χ3n) is 4.38. The normalized spacial score (nSPS) is 14.0. The highest BCUT2D eigenvalue weighted by molar-refractivity contribution is 7.80. The zero-order chi connectivity index (χ0) is 18.4. The van der Waals surface area contributed by atoms with Crippen LogP contribution in [-0.2, 0) is 6.54 Å². The van der Waals surface area contributed by atoms with Crippen molar-refractivity contribution in [3.8, 4) is 0 Å². The van der Waals surface area contributed by atoms with Crippen LogP contribution in [0.25, 0.3) is 0 Å². The quantitative estimate of drug-likeness (QED) is 0.799. The molecule has 6 heteroatoms. The molecule has 1 aliphatic heterocycles. The van der Waals surface area contributed by atoms with E-state index in [1.54, 1.807) is 6.07 Å². The SMILES string of the molecule is O=C(c1ccc(NC(=S)NCc2cccc(F)c2)cc1)N1CCCCC1. The lowest BCUT2D eigenvalue weighted by Gasteiger charge is -2.26. The van der Waals surface area contributed by atoms with Crippen LogP contribution in [-0.4, -0.2) is 29.0 Å². The van der Waals surface area contributed by atoms with Crippen LogP contribution in [0.1, 0.15) is 35.2 Å². The van der Waals surface area contributed by atoms with E-state index in [1.807, 2.05) is 35.2 Å². The van der Waals surface area contributed by atoms with Crippen molar-refractivity contribution in [3.63, 3.8) is 0 Å². The second-order valence-electron chi connectivity index (χ2n) is 6.37. The monoisotopic (exact) mass is 371 g/mol. The van der Waals surface area contributed by atoms with Gasteiger partial charge in [-0.2, -0.15) is 0 Å². The largest absolute Gasteiger partial charge is 0.358 e.